The van der Waals surface area contributed by atoms with Gasteiger partial charge >= 0.3 is 0 Å². The zero-order valence-corrected chi connectivity index (χ0v) is 11.8. The van der Waals surface area contributed by atoms with Crippen LogP contribution in [0.2, 0.25) is 0 Å². The van der Waals surface area contributed by atoms with Gasteiger partial charge in [-0.2, -0.15) is 5.10 Å². The van der Waals surface area contributed by atoms with Crippen molar-refractivity contribution in [3.8, 4) is 5.75 Å². The number of hydrogen-bond acceptors (Lipinski definition) is 3. The zero-order chi connectivity index (χ0) is 13.8. The molecule has 1 heterocycles. The molecule has 1 aromatic carbocycles. The summed E-state index contributed by atoms with van der Waals surface area (Å²) in [5.41, 5.74) is 8.59. The van der Waals surface area contributed by atoms with E-state index in [9.17, 15) is 0 Å². The van der Waals surface area contributed by atoms with Gasteiger partial charge in [-0.25, -0.2) is 0 Å². The second-order valence-electron chi connectivity index (χ2n) is 4.87. The van der Waals surface area contributed by atoms with Crippen LogP contribution in [0.4, 0.5) is 5.69 Å². The largest absolute Gasteiger partial charge is 0.485 e. The van der Waals surface area contributed by atoms with Gasteiger partial charge in [-0.15, -0.1) is 0 Å². The number of nitrogens with two attached hydrogens (primary N) is 1. The van der Waals surface area contributed by atoms with Crippen LogP contribution in [-0.4, -0.2) is 9.78 Å². The standard InChI is InChI=1S/C15H21N3O/c1-4-12(3)18-8-7-13(17-18)10-19-15-9-11(2)5-6-14(15)16/h5-9,12H,4,10,16H2,1-3H3. The van der Waals surface area contributed by atoms with Crippen LogP contribution in [0.1, 0.15) is 37.6 Å². The number of rotatable bonds is 5. The maximum Gasteiger partial charge on any atom is 0.143 e. The van der Waals surface area contributed by atoms with Gasteiger partial charge in [0.25, 0.3) is 0 Å². The summed E-state index contributed by atoms with van der Waals surface area (Å²) in [5.74, 6) is 0.720. The van der Waals surface area contributed by atoms with E-state index in [4.69, 9.17) is 10.5 Å². The Morgan fingerprint density at radius 2 is 2.16 bits per heavy atom. The molecule has 0 saturated carbocycles. The number of ether oxygens (including phenoxy) is 1. The molecule has 0 aliphatic heterocycles. The average Bonchev–Trinajstić information content (AvgIpc) is 2.88. The number of aryl methyl sites for hydroxylation is 1. The summed E-state index contributed by atoms with van der Waals surface area (Å²) < 4.78 is 7.70. The maximum atomic E-state index is 5.88. The highest BCUT2D eigenvalue weighted by atomic mass is 16.5. The van der Waals surface area contributed by atoms with Crippen LogP contribution in [0, 0.1) is 6.92 Å². The molecule has 0 bridgehead atoms. The molecule has 2 N–H and O–H groups in total. The molecule has 4 nitrogen and oxygen atoms in total. The second-order valence-corrected chi connectivity index (χ2v) is 4.87. The third-order valence-electron chi connectivity index (χ3n) is 3.25. The van der Waals surface area contributed by atoms with Gasteiger partial charge in [0, 0.05) is 12.2 Å². The van der Waals surface area contributed by atoms with E-state index in [-0.39, 0.29) is 0 Å². The van der Waals surface area contributed by atoms with Gasteiger partial charge < -0.3 is 10.5 Å². The van der Waals surface area contributed by atoms with Crippen molar-refractivity contribution in [2.24, 2.45) is 0 Å². The van der Waals surface area contributed by atoms with E-state index in [1.54, 1.807) is 0 Å². The summed E-state index contributed by atoms with van der Waals surface area (Å²) in [7, 11) is 0. The molecular formula is C15H21N3O. The van der Waals surface area contributed by atoms with Gasteiger partial charge in [0.2, 0.25) is 0 Å². The molecule has 0 aliphatic rings. The van der Waals surface area contributed by atoms with Crippen molar-refractivity contribution < 1.29 is 4.74 Å². The SMILES string of the molecule is CCC(C)n1ccc(COc2cc(C)ccc2N)n1. The normalized spacial score (nSPS) is 12.4. The fourth-order valence-corrected chi connectivity index (χ4v) is 1.81. The highest BCUT2D eigenvalue weighted by Gasteiger charge is 2.06. The lowest BCUT2D eigenvalue weighted by Gasteiger charge is -2.09. The first kappa shape index (κ1) is 13.5. The van der Waals surface area contributed by atoms with Crippen LogP contribution in [0.25, 0.3) is 0 Å². The van der Waals surface area contributed by atoms with Gasteiger partial charge in [-0.1, -0.05) is 13.0 Å². The van der Waals surface area contributed by atoms with E-state index in [0.717, 1.165) is 23.4 Å². The lowest BCUT2D eigenvalue weighted by Crippen LogP contribution is -2.06. The Kier molecular flexibility index (Phi) is 4.10. The Morgan fingerprint density at radius 1 is 1.37 bits per heavy atom. The van der Waals surface area contributed by atoms with Crippen molar-refractivity contribution >= 4 is 5.69 Å². The molecule has 4 heteroatoms. The molecule has 1 aromatic heterocycles. The third kappa shape index (κ3) is 3.28. The van der Waals surface area contributed by atoms with Gasteiger partial charge in [0.05, 0.1) is 11.4 Å². The van der Waals surface area contributed by atoms with Gasteiger partial charge in [0.1, 0.15) is 12.4 Å². The summed E-state index contributed by atoms with van der Waals surface area (Å²) in [5, 5.41) is 4.50. The average molecular weight is 259 g/mol. The monoisotopic (exact) mass is 259 g/mol. The van der Waals surface area contributed by atoms with Crippen LogP contribution in [0.5, 0.6) is 5.75 Å². The highest BCUT2D eigenvalue weighted by Crippen LogP contribution is 2.23. The predicted octanol–water partition coefficient (Wildman–Crippen LogP) is 3.32. The number of nitrogens with zero attached hydrogens (tertiary/aromatic N) is 2. The van der Waals surface area contributed by atoms with Crippen molar-refractivity contribution in [3.63, 3.8) is 0 Å². The Balaban J connectivity index is 2.02. The fourth-order valence-electron chi connectivity index (χ4n) is 1.81. The van der Waals surface area contributed by atoms with E-state index in [1.807, 2.05) is 42.1 Å². The molecule has 19 heavy (non-hydrogen) atoms. The maximum absolute atomic E-state index is 5.88. The molecule has 2 aromatic rings. The van der Waals surface area contributed by atoms with Crippen molar-refractivity contribution in [2.75, 3.05) is 5.73 Å². The van der Waals surface area contributed by atoms with Crippen molar-refractivity contribution in [2.45, 2.75) is 39.8 Å². The quantitative estimate of drug-likeness (QED) is 0.838. The van der Waals surface area contributed by atoms with E-state index in [1.165, 1.54) is 0 Å². The molecule has 0 radical (unpaired) electrons. The smallest absolute Gasteiger partial charge is 0.143 e. The topological polar surface area (TPSA) is 53.1 Å². The molecule has 0 spiro atoms. The molecule has 0 amide bonds. The van der Waals surface area contributed by atoms with Gasteiger partial charge in [-0.05, 0) is 44.0 Å². The minimum atomic E-state index is 0.415. The molecule has 2 rings (SSSR count). The van der Waals surface area contributed by atoms with Gasteiger partial charge in [0.15, 0.2) is 0 Å². The van der Waals surface area contributed by atoms with Crippen LogP contribution in [-0.2, 0) is 6.61 Å². The summed E-state index contributed by atoms with van der Waals surface area (Å²) in [6.07, 6.45) is 3.05. The van der Waals surface area contributed by atoms with E-state index in [0.29, 0.717) is 18.3 Å². The molecule has 0 fully saturated rings. The number of aromatic nitrogens is 2. The molecular weight excluding hydrogens is 238 g/mol. The first-order chi connectivity index (χ1) is 9.10. The number of anilines is 1. The lowest BCUT2D eigenvalue weighted by molar-refractivity contribution is 0.299. The van der Waals surface area contributed by atoms with Crippen molar-refractivity contribution in [1.29, 1.82) is 0 Å². The molecule has 1 atom stereocenters. The fraction of sp³-hybridized carbons (Fsp3) is 0.400. The Bertz CT molecular complexity index is 548. The van der Waals surface area contributed by atoms with Crippen molar-refractivity contribution in [1.82, 2.24) is 9.78 Å². The molecule has 102 valence electrons. The van der Waals surface area contributed by atoms with Crippen LogP contribution in [0.3, 0.4) is 0 Å². The Morgan fingerprint density at radius 3 is 2.89 bits per heavy atom. The van der Waals surface area contributed by atoms with Gasteiger partial charge in [-0.3, -0.25) is 4.68 Å². The number of nitrogen functional groups attached to an aromatic ring is 1. The summed E-state index contributed by atoms with van der Waals surface area (Å²) >= 11 is 0. The zero-order valence-electron chi connectivity index (χ0n) is 11.8. The minimum Gasteiger partial charge on any atom is -0.485 e. The lowest BCUT2D eigenvalue weighted by atomic mass is 10.2. The molecule has 1 unspecified atom stereocenters. The summed E-state index contributed by atoms with van der Waals surface area (Å²) in [4.78, 5) is 0. The summed E-state index contributed by atoms with van der Waals surface area (Å²) in [6, 6.07) is 8.18. The van der Waals surface area contributed by atoms with Crippen LogP contribution >= 0.6 is 0 Å². The Labute approximate surface area is 114 Å². The minimum absolute atomic E-state index is 0.415. The van der Waals surface area contributed by atoms with E-state index < -0.39 is 0 Å². The number of hydrogen-bond donors (Lipinski definition) is 1. The van der Waals surface area contributed by atoms with E-state index in [2.05, 4.69) is 18.9 Å². The summed E-state index contributed by atoms with van der Waals surface area (Å²) in [6.45, 7) is 6.76. The van der Waals surface area contributed by atoms with Crippen molar-refractivity contribution in [3.05, 3.63) is 41.7 Å². The third-order valence-corrected chi connectivity index (χ3v) is 3.25. The van der Waals surface area contributed by atoms with E-state index >= 15 is 0 Å². The highest BCUT2D eigenvalue weighted by molar-refractivity contribution is 5.53. The Hall–Kier alpha value is -1.97. The second kappa shape index (κ2) is 5.78. The van der Waals surface area contributed by atoms with Crippen LogP contribution in [0.15, 0.2) is 30.5 Å². The number of benzene rings is 1. The predicted molar refractivity (Wildman–Crippen MR) is 77.2 cm³/mol. The first-order valence-electron chi connectivity index (χ1n) is 6.63. The van der Waals surface area contributed by atoms with Crippen LogP contribution < -0.4 is 10.5 Å². The first-order valence-corrected chi connectivity index (χ1v) is 6.63. The molecule has 0 saturated heterocycles. The molecule has 0 aliphatic carbocycles.